The van der Waals surface area contributed by atoms with E-state index in [4.69, 9.17) is 14.7 Å². The zero-order valence-corrected chi connectivity index (χ0v) is 15.4. The highest BCUT2D eigenvalue weighted by Crippen LogP contribution is 2.37. The monoisotopic (exact) mass is 408 g/mol. The number of imidazole rings is 1. The van der Waals surface area contributed by atoms with Gasteiger partial charge < -0.3 is 14.5 Å². The number of ether oxygens (including phenoxy) is 2. The molecule has 0 saturated carbocycles. The molecule has 3 aromatic rings. The van der Waals surface area contributed by atoms with Crippen molar-refractivity contribution in [3.8, 4) is 23.6 Å². The molecular formula is C19H13BrN4O2. The van der Waals surface area contributed by atoms with Crippen molar-refractivity contribution >= 4 is 38.6 Å². The van der Waals surface area contributed by atoms with Crippen LogP contribution in [-0.2, 0) is 0 Å². The molecule has 0 amide bonds. The van der Waals surface area contributed by atoms with E-state index >= 15 is 0 Å². The van der Waals surface area contributed by atoms with Crippen molar-refractivity contribution in [1.82, 2.24) is 9.97 Å². The van der Waals surface area contributed by atoms with E-state index in [2.05, 4.69) is 32.0 Å². The van der Waals surface area contributed by atoms with E-state index in [0.717, 1.165) is 16.6 Å². The fourth-order valence-corrected chi connectivity index (χ4v) is 3.04. The number of fused-ring (bicyclic) bond motifs is 1. The minimum Gasteiger partial charge on any atom is -0.493 e. The first-order valence-corrected chi connectivity index (χ1v) is 8.39. The highest BCUT2D eigenvalue weighted by atomic mass is 79.9. The number of allylic oxidation sites excluding steroid dienone is 1. The topological polar surface area (TPSA) is 94.7 Å². The molecule has 128 valence electrons. The Hall–Kier alpha value is -3.29. The van der Waals surface area contributed by atoms with Crippen molar-refractivity contribution in [3.63, 3.8) is 0 Å². The standard InChI is InChI=1S/C19H13BrN4O2/c1-25-17-10-12(9-14(20)18(17)26-7-6-21)8-13(11-22)19-23-15-4-2-3-5-16(15)24-19/h2-5,8-10H,7H2,1H3,(H,23,24)/b13-8-. The van der Waals surface area contributed by atoms with Crippen LogP contribution in [0.15, 0.2) is 40.9 Å². The molecule has 6 nitrogen and oxygen atoms in total. The molecule has 26 heavy (non-hydrogen) atoms. The average molecular weight is 409 g/mol. The molecule has 0 aliphatic rings. The van der Waals surface area contributed by atoms with Gasteiger partial charge in [-0.15, -0.1) is 0 Å². The predicted molar refractivity (Wildman–Crippen MR) is 101 cm³/mol. The minimum absolute atomic E-state index is 0.0907. The molecular weight excluding hydrogens is 396 g/mol. The van der Waals surface area contributed by atoms with E-state index in [1.165, 1.54) is 7.11 Å². The summed E-state index contributed by atoms with van der Waals surface area (Å²) in [6.45, 7) is -0.0907. The first-order chi connectivity index (χ1) is 12.7. The van der Waals surface area contributed by atoms with Gasteiger partial charge in [-0.2, -0.15) is 10.5 Å². The smallest absolute Gasteiger partial charge is 0.176 e. The number of hydrogen-bond acceptors (Lipinski definition) is 5. The van der Waals surface area contributed by atoms with Crippen LogP contribution in [0, 0.1) is 22.7 Å². The fourth-order valence-electron chi connectivity index (χ4n) is 2.47. The van der Waals surface area contributed by atoms with Crippen LogP contribution in [-0.4, -0.2) is 23.7 Å². The summed E-state index contributed by atoms with van der Waals surface area (Å²) in [5.74, 6) is 1.39. The number of hydrogen-bond donors (Lipinski definition) is 1. The number of nitriles is 2. The van der Waals surface area contributed by atoms with E-state index < -0.39 is 0 Å². The molecule has 0 radical (unpaired) electrons. The van der Waals surface area contributed by atoms with Gasteiger partial charge in [-0.25, -0.2) is 4.98 Å². The van der Waals surface area contributed by atoms with Gasteiger partial charge in [0.15, 0.2) is 18.1 Å². The van der Waals surface area contributed by atoms with Crippen LogP contribution in [0.1, 0.15) is 11.4 Å². The van der Waals surface area contributed by atoms with Gasteiger partial charge in [0.05, 0.1) is 28.2 Å². The molecule has 1 aromatic heterocycles. The summed E-state index contributed by atoms with van der Waals surface area (Å²) in [5, 5.41) is 18.2. The number of benzene rings is 2. The Labute approximate surface area is 158 Å². The van der Waals surface area contributed by atoms with Crippen molar-refractivity contribution in [2.75, 3.05) is 13.7 Å². The summed E-state index contributed by atoms with van der Waals surface area (Å²) < 4.78 is 11.3. The maximum atomic E-state index is 9.55. The number of H-pyrrole nitrogens is 1. The largest absolute Gasteiger partial charge is 0.493 e. The van der Waals surface area contributed by atoms with Crippen molar-refractivity contribution in [2.45, 2.75) is 0 Å². The van der Waals surface area contributed by atoms with Gasteiger partial charge in [-0.3, -0.25) is 0 Å². The summed E-state index contributed by atoms with van der Waals surface area (Å²) in [7, 11) is 1.51. The molecule has 2 aromatic carbocycles. The van der Waals surface area contributed by atoms with Gasteiger partial charge in [0.2, 0.25) is 0 Å². The van der Waals surface area contributed by atoms with Crippen molar-refractivity contribution < 1.29 is 9.47 Å². The maximum absolute atomic E-state index is 9.55. The van der Waals surface area contributed by atoms with E-state index in [0.29, 0.717) is 27.4 Å². The lowest BCUT2D eigenvalue weighted by atomic mass is 10.1. The van der Waals surface area contributed by atoms with Gasteiger partial charge in [-0.1, -0.05) is 12.1 Å². The molecule has 0 atom stereocenters. The maximum Gasteiger partial charge on any atom is 0.176 e. The van der Waals surface area contributed by atoms with Crippen LogP contribution in [0.3, 0.4) is 0 Å². The lowest BCUT2D eigenvalue weighted by Gasteiger charge is -2.11. The number of aromatic amines is 1. The lowest BCUT2D eigenvalue weighted by Crippen LogP contribution is -1.98. The second-order valence-electron chi connectivity index (χ2n) is 5.25. The first-order valence-electron chi connectivity index (χ1n) is 7.60. The molecule has 0 aliphatic carbocycles. The Morgan fingerprint density at radius 1 is 1.31 bits per heavy atom. The number of rotatable bonds is 5. The van der Waals surface area contributed by atoms with Gasteiger partial charge in [0.1, 0.15) is 18.0 Å². The number of nitrogens with one attached hydrogen (secondary N) is 1. The Bertz CT molecular complexity index is 1040. The van der Waals surface area contributed by atoms with E-state index in [1.54, 1.807) is 18.2 Å². The van der Waals surface area contributed by atoms with Gasteiger partial charge in [0.25, 0.3) is 0 Å². The van der Waals surface area contributed by atoms with Gasteiger partial charge in [0, 0.05) is 0 Å². The third-order valence-corrected chi connectivity index (χ3v) is 4.20. The molecule has 1 N–H and O–H groups in total. The van der Waals surface area contributed by atoms with Crippen molar-refractivity contribution in [3.05, 3.63) is 52.3 Å². The Morgan fingerprint density at radius 3 is 2.81 bits per heavy atom. The number of halogens is 1. The molecule has 0 fully saturated rings. The molecule has 1 heterocycles. The van der Waals surface area contributed by atoms with Crippen LogP contribution in [0.2, 0.25) is 0 Å². The second-order valence-corrected chi connectivity index (χ2v) is 6.11. The molecule has 0 unspecified atom stereocenters. The minimum atomic E-state index is -0.0907. The van der Waals surface area contributed by atoms with Gasteiger partial charge >= 0.3 is 0 Å². The van der Waals surface area contributed by atoms with Crippen LogP contribution in [0.25, 0.3) is 22.7 Å². The number of para-hydroxylation sites is 2. The summed E-state index contributed by atoms with van der Waals surface area (Å²) in [6.07, 6.45) is 1.71. The number of aromatic nitrogens is 2. The lowest BCUT2D eigenvalue weighted by molar-refractivity contribution is 0.327. The Balaban J connectivity index is 2.03. The quantitative estimate of drug-likeness (QED) is 0.634. The predicted octanol–water partition coefficient (Wildman–Crippen LogP) is 4.30. The Kier molecular flexibility index (Phi) is 5.21. The number of methoxy groups -OCH3 is 1. The van der Waals surface area contributed by atoms with Crippen LogP contribution >= 0.6 is 15.9 Å². The van der Waals surface area contributed by atoms with Crippen LogP contribution < -0.4 is 9.47 Å². The van der Waals surface area contributed by atoms with E-state index in [9.17, 15) is 5.26 Å². The van der Waals surface area contributed by atoms with Crippen molar-refractivity contribution in [1.29, 1.82) is 10.5 Å². The summed E-state index contributed by atoms with van der Waals surface area (Å²) >= 11 is 3.42. The highest BCUT2D eigenvalue weighted by molar-refractivity contribution is 9.10. The van der Waals surface area contributed by atoms with Crippen LogP contribution in [0.5, 0.6) is 11.5 Å². The molecule has 0 aliphatic heterocycles. The highest BCUT2D eigenvalue weighted by Gasteiger charge is 2.13. The zero-order chi connectivity index (χ0) is 18.5. The molecule has 7 heteroatoms. The molecule has 0 bridgehead atoms. The third kappa shape index (κ3) is 3.53. The van der Waals surface area contributed by atoms with Crippen molar-refractivity contribution in [2.24, 2.45) is 0 Å². The molecule has 3 rings (SSSR count). The fraction of sp³-hybridized carbons (Fsp3) is 0.105. The van der Waals surface area contributed by atoms with Crippen LogP contribution in [0.4, 0.5) is 0 Å². The van der Waals surface area contributed by atoms with E-state index in [-0.39, 0.29) is 6.61 Å². The third-order valence-electron chi connectivity index (χ3n) is 3.61. The zero-order valence-electron chi connectivity index (χ0n) is 13.8. The summed E-state index contributed by atoms with van der Waals surface area (Å²) in [5.41, 5.74) is 2.78. The Morgan fingerprint density at radius 2 is 2.12 bits per heavy atom. The number of nitrogens with zero attached hydrogens (tertiary/aromatic N) is 3. The summed E-state index contributed by atoms with van der Waals surface area (Å²) in [6, 6.07) is 15.2. The second kappa shape index (κ2) is 7.73. The molecule has 0 saturated heterocycles. The first kappa shape index (κ1) is 17.5. The summed E-state index contributed by atoms with van der Waals surface area (Å²) in [4.78, 5) is 7.60. The van der Waals surface area contributed by atoms with E-state index in [1.807, 2.05) is 30.3 Å². The normalized spacial score (nSPS) is 11.0. The average Bonchev–Trinajstić information content (AvgIpc) is 3.08. The van der Waals surface area contributed by atoms with Gasteiger partial charge in [-0.05, 0) is 51.8 Å². The SMILES string of the molecule is COc1cc(/C=C(/C#N)c2nc3ccccc3[nH]2)cc(Br)c1OCC#N. The molecule has 0 spiro atoms.